The lowest BCUT2D eigenvalue weighted by molar-refractivity contribution is -0.00873. The van der Waals surface area contributed by atoms with Crippen molar-refractivity contribution < 1.29 is 0 Å². The van der Waals surface area contributed by atoms with Gasteiger partial charge in [0.15, 0.2) is 0 Å². The van der Waals surface area contributed by atoms with E-state index >= 15 is 0 Å². The first-order valence-electron chi connectivity index (χ1n) is 8.85. The molecule has 2 heterocycles. The Balaban J connectivity index is 1.38. The minimum Gasteiger partial charge on any atom is -0.302 e. The fourth-order valence-electron chi connectivity index (χ4n) is 6.20. The molecule has 0 aromatic heterocycles. The second-order valence-corrected chi connectivity index (χ2v) is 9.57. The van der Waals surface area contributed by atoms with Gasteiger partial charge in [-0.3, -0.25) is 4.90 Å². The van der Waals surface area contributed by atoms with Gasteiger partial charge in [-0.1, -0.05) is 12.8 Å². The van der Waals surface area contributed by atoms with Gasteiger partial charge < -0.3 is 4.90 Å². The van der Waals surface area contributed by atoms with E-state index in [0.29, 0.717) is 11.0 Å². The zero-order chi connectivity index (χ0) is 14.2. The summed E-state index contributed by atoms with van der Waals surface area (Å²) in [5.74, 6) is 0. The third kappa shape index (κ3) is 1.90. The van der Waals surface area contributed by atoms with Crippen molar-refractivity contribution in [1.29, 1.82) is 0 Å². The normalized spacial score (nSPS) is 43.8. The van der Waals surface area contributed by atoms with Crippen LogP contribution >= 0.6 is 0 Å². The zero-order valence-corrected chi connectivity index (χ0v) is 13.9. The Bertz CT molecular complexity index is 396. The monoisotopic (exact) mass is 276 g/mol. The van der Waals surface area contributed by atoms with Crippen molar-refractivity contribution in [3.05, 3.63) is 0 Å². The van der Waals surface area contributed by atoms with Gasteiger partial charge in [-0.15, -0.1) is 0 Å². The molecule has 1 spiro atoms. The van der Waals surface area contributed by atoms with Gasteiger partial charge >= 0.3 is 0 Å². The molecular weight excluding hydrogens is 244 g/mol. The van der Waals surface area contributed by atoms with Crippen LogP contribution in [0.25, 0.3) is 0 Å². The summed E-state index contributed by atoms with van der Waals surface area (Å²) in [5.41, 5.74) is 1.80. The molecule has 0 unspecified atom stereocenters. The number of rotatable bonds is 2. The zero-order valence-electron chi connectivity index (χ0n) is 13.9. The van der Waals surface area contributed by atoms with Gasteiger partial charge in [0.25, 0.3) is 0 Å². The quantitative estimate of drug-likeness (QED) is 0.761. The van der Waals surface area contributed by atoms with E-state index in [4.69, 9.17) is 0 Å². The lowest BCUT2D eigenvalue weighted by Crippen LogP contribution is -2.56. The number of hydrogen-bond donors (Lipinski definition) is 0. The molecule has 0 aromatic carbocycles. The predicted octanol–water partition coefficient (Wildman–Crippen LogP) is 3.51. The maximum absolute atomic E-state index is 2.82. The van der Waals surface area contributed by atoms with Gasteiger partial charge in [-0.25, -0.2) is 0 Å². The van der Waals surface area contributed by atoms with E-state index in [2.05, 4.69) is 37.5 Å². The van der Waals surface area contributed by atoms with E-state index < -0.39 is 0 Å². The third-order valence-electron chi connectivity index (χ3n) is 6.75. The lowest BCUT2D eigenvalue weighted by atomic mass is 9.77. The van der Waals surface area contributed by atoms with Crippen LogP contribution in [0.15, 0.2) is 0 Å². The highest BCUT2D eigenvalue weighted by Gasteiger charge is 2.66. The van der Waals surface area contributed by atoms with E-state index in [1.165, 1.54) is 58.2 Å². The third-order valence-corrected chi connectivity index (χ3v) is 6.75. The van der Waals surface area contributed by atoms with Gasteiger partial charge in [-0.05, 0) is 58.8 Å². The molecule has 3 atom stereocenters. The van der Waals surface area contributed by atoms with E-state index in [1.54, 1.807) is 0 Å². The fourth-order valence-corrected chi connectivity index (χ4v) is 6.20. The average molecular weight is 276 g/mol. The van der Waals surface area contributed by atoms with Crippen LogP contribution in [0.5, 0.6) is 0 Å². The Morgan fingerprint density at radius 1 is 1.05 bits per heavy atom. The molecule has 2 aliphatic carbocycles. The second-order valence-electron chi connectivity index (χ2n) is 9.57. The van der Waals surface area contributed by atoms with Crippen LogP contribution in [0.4, 0.5) is 0 Å². The van der Waals surface area contributed by atoms with Gasteiger partial charge in [0.2, 0.25) is 0 Å². The molecule has 0 aromatic rings. The molecule has 0 N–H and O–H groups in total. The summed E-state index contributed by atoms with van der Waals surface area (Å²) < 4.78 is 0. The standard InChI is InChI=1S/C18H32N2/c1-14-9-18(10-15(18)20(14)16(2,3)4)13-19-11-17(12-19)7-5-6-8-17/h14-15H,5-13H2,1-4H3/t14-,15-,18+/m1/s1. The molecule has 4 rings (SSSR count). The highest BCUT2D eigenvalue weighted by Crippen LogP contribution is 2.62. The number of fused-ring (bicyclic) bond motifs is 1. The predicted molar refractivity (Wildman–Crippen MR) is 83.9 cm³/mol. The summed E-state index contributed by atoms with van der Waals surface area (Å²) in [5, 5.41) is 0. The molecule has 4 aliphatic rings. The first kappa shape index (κ1) is 13.6. The molecule has 0 bridgehead atoms. The van der Waals surface area contributed by atoms with Crippen LogP contribution in [-0.2, 0) is 0 Å². The molecular formula is C18H32N2. The lowest BCUT2D eigenvalue weighted by Gasteiger charge is -2.49. The van der Waals surface area contributed by atoms with E-state index in [0.717, 1.165) is 17.5 Å². The first-order chi connectivity index (χ1) is 9.34. The van der Waals surface area contributed by atoms with E-state index in [9.17, 15) is 0 Å². The maximum Gasteiger partial charge on any atom is 0.0179 e. The number of piperidine rings is 1. The first-order valence-corrected chi connectivity index (χ1v) is 8.85. The van der Waals surface area contributed by atoms with Crippen molar-refractivity contribution in [3.8, 4) is 0 Å². The second kappa shape index (κ2) is 4.01. The molecule has 4 fully saturated rings. The Kier molecular flexibility index (Phi) is 2.72. The molecule has 20 heavy (non-hydrogen) atoms. The summed E-state index contributed by atoms with van der Waals surface area (Å²) >= 11 is 0. The van der Waals surface area contributed by atoms with Gasteiger partial charge in [-0.2, -0.15) is 0 Å². The van der Waals surface area contributed by atoms with E-state index in [1.807, 2.05) is 0 Å². The molecule has 2 saturated heterocycles. The molecule has 2 saturated carbocycles. The van der Waals surface area contributed by atoms with Crippen LogP contribution in [-0.4, -0.2) is 47.1 Å². The van der Waals surface area contributed by atoms with Gasteiger partial charge in [0.05, 0.1) is 0 Å². The van der Waals surface area contributed by atoms with Crippen LogP contribution in [0.3, 0.4) is 0 Å². The SMILES string of the molecule is C[C@@H]1C[C@@]2(CN3CC4(CCCC4)C3)C[C@H]2N1C(C)(C)C. The molecule has 0 amide bonds. The Morgan fingerprint density at radius 2 is 1.70 bits per heavy atom. The smallest absolute Gasteiger partial charge is 0.0179 e. The topological polar surface area (TPSA) is 6.48 Å². The minimum atomic E-state index is 0.351. The van der Waals surface area contributed by atoms with Crippen LogP contribution < -0.4 is 0 Å². The Morgan fingerprint density at radius 3 is 2.25 bits per heavy atom. The number of hydrogen-bond acceptors (Lipinski definition) is 2. The van der Waals surface area contributed by atoms with Gasteiger partial charge in [0, 0.05) is 42.7 Å². The van der Waals surface area contributed by atoms with Crippen molar-refractivity contribution in [1.82, 2.24) is 9.80 Å². The van der Waals surface area contributed by atoms with Crippen molar-refractivity contribution >= 4 is 0 Å². The summed E-state index contributed by atoms with van der Waals surface area (Å²) in [6.07, 6.45) is 8.94. The number of likely N-dealkylation sites (tertiary alicyclic amines) is 2. The minimum absolute atomic E-state index is 0.351. The van der Waals surface area contributed by atoms with Crippen molar-refractivity contribution in [2.45, 2.75) is 83.8 Å². The summed E-state index contributed by atoms with van der Waals surface area (Å²) in [4.78, 5) is 5.61. The largest absolute Gasteiger partial charge is 0.302 e. The Hall–Kier alpha value is -0.0800. The van der Waals surface area contributed by atoms with Crippen molar-refractivity contribution in [2.75, 3.05) is 19.6 Å². The Labute approximate surface area is 124 Å². The summed E-state index contributed by atoms with van der Waals surface area (Å²) in [6, 6.07) is 1.67. The highest BCUT2D eigenvalue weighted by molar-refractivity contribution is 5.20. The highest BCUT2D eigenvalue weighted by atomic mass is 15.3. The van der Waals surface area contributed by atoms with Crippen LogP contribution in [0, 0.1) is 10.8 Å². The molecule has 114 valence electrons. The molecule has 2 nitrogen and oxygen atoms in total. The summed E-state index contributed by atoms with van der Waals surface area (Å²) in [7, 11) is 0. The fraction of sp³-hybridized carbons (Fsp3) is 1.00. The van der Waals surface area contributed by atoms with Gasteiger partial charge in [0.1, 0.15) is 0 Å². The molecule has 0 radical (unpaired) electrons. The van der Waals surface area contributed by atoms with E-state index in [-0.39, 0.29) is 0 Å². The van der Waals surface area contributed by atoms with Crippen LogP contribution in [0.2, 0.25) is 0 Å². The molecule has 2 aliphatic heterocycles. The summed E-state index contributed by atoms with van der Waals surface area (Å²) in [6.45, 7) is 13.9. The average Bonchev–Trinajstić information content (AvgIpc) is 2.71. The number of nitrogens with zero attached hydrogens (tertiary/aromatic N) is 2. The van der Waals surface area contributed by atoms with Crippen molar-refractivity contribution in [3.63, 3.8) is 0 Å². The molecule has 2 heteroatoms. The van der Waals surface area contributed by atoms with Crippen LogP contribution in [0.1, 0.15) is 66.2 Å². The van der Waals surface area contributed by atoms with Crippen molar-refractivity contribution in [2.24, 2.45) is 10.8 Å². The maximum atomic E-state index is 2.82.